The number of rotatable bonds is 4. The first-order valence-electron chi connectivity index (χ1n) is 8.38. The Balaban J connectivity index is 1.72. The van der Waals surface area contributed by atoms with E-state index in [1.165, 1.54) is 13.4 Å². The van der Waals surface area contributed by atoms with Gasteiger partial charge < -0.3 is 20.0 Å². The summed E-state index contributed by atoms with van der Waals surface area (Å²) in [4.78, 5) is 29.2. The monoisotopic (exact) mass is 359 g/mol. The molecule has 1 aliphatic heterocycles. The van der Waals surface area contributed by atoms with Crippen molar-refractivity contribution in [2.75, 3.05) is 7.11 Å². The maximum atomic E-state index is 12.1. The Morgan fingerprint density at radius 1 is 1.31 bits per heavy atom. The van der Waals surface area contributed by atoms with Crippen LogP contribution in [0.5, 0.6) is 0 Å². The van der Waals surface area contributed by atoms with E-state index in [9.17, 15) is 14.7 Å². The van der Waals surface area contributed by atoms with E-state index in [2.05, 4.69) is 20.5 Å². The predicted octanol–water partition coefficient (Wildman–Crippen LogP) is 0.915. The normalized spacial score (nSPS) is 27.2. The van der Waals surface area contributed by atoms with Crippen LogP contribution in [0.3, 0.4) is 0 Å². The Hall–Kier alpha value is -2.87. The second kappa shape index (κ2) is 8.01. The number of aliphatic hydroxyl groups excluding tert-OH is 1. The average Bonchev–Trinajstić information content (AvgIpc) is 3.09. The van der Waals surface area contributed by atoms with Gasteiger partial charge in [-0.25, -0.2) is 4.79 Å². The van der Waals surface area contributed by atoms with E-state index in [1.807, 2.05) is 30.3 Å². The van der Waals surface area contributed by atoms with E-state index in [4.69, 9.17) is 4.84 Å². The van der Waals surface area contributed by atoms with Crippen LogP contribution in [0.1, 0.15) is 18.4 Å². The van der Waals surface area contributed by atoms with Crippen molar-refractivity contribution in [2.24, 2.45) is 11.1 Å². The zero-order chi connectivity index (χ0) is 18.5. The summed E-state index contributed by atoms with van der Waals surface area (Å²) in [6.45, 7) is 0. The largest absolute Gasteiger partial charge is 0.504 e. The molecular weight excluding hydrogens is 338 g/mol. The molecule has 0 spiro atoms. The van der Waals surface area contributed by atoms with Gasteiger partial charge in [-0.3, -0.25) is 10.1 Å². The van der Waals surface area contributed by atoms with Crippen LogP contribution in [0.4, 0.5) is 4.79 Å². The van der Waals surface area contributed by atoms with E-state index in [0.29, 0.717) is 18.6 Å². The molecule has 0 saturated heterocycles. The van der Waals surface area contributed by atoms with Crippen molar-refractivity contribution < 1.29 is 24.3 Å². The molecule has 1 heterocycles. The Morgan fingerprint density at radius 2 is 2.08 bits per heavy atom. The molecule has 1 aromatic rings. The number of aliphatic hydroxyl groups is 1. The highest BCUT2D eigenvalue weighted by Gasteiger charge is 2.48. The van der Waals surface area contributed by atoms with Crippen molar-refractivity contribution in [1.29, 1.82) is 0 Å². The van der Waals surface area contributed by atoms with E-state index in [0.717, 1.165) is 11.6 Å². The Morgan fingerprint density at radius 3 is 2.81 bits per heavy atom. The summed E-state index contributed by atoms with van der Waals surface area (Å²) in [5, 5.41) is 19.4. The van der Waals surface area contributed by atoms with Gasteiger partial charge in [0.15, 0.2) is 6.10 Å². The zero-order valence-corrected chi connectivity index (χ0v) is 14.3. The van der Waals surface area contributed by atoms with Crippen molar-refractivity contribution >= 4 is 17.6 Å². The number of carbonyl (C=O) groups excluding carboxylic acids is 2. The lowest BCUT2D eigenvalue weighted by atomic mass is 9.76. The summed E-state index contributed by atoms with van der Waals surface area (Å²) in [6.07, 6.45) is 2.14. The van der Waals surface area contributed by atoms with Gasteiger partial charge in [-0.1, -0.05) is 35.5 Å². The summed E-state index contributed by atoms with van der Waals surface area (Å²) >= 11 is 0. The molecule has 1 saturated carbocycles. The van der Waals surface area contributed by atoms with E-state index in [-0.39, 0.29) is 12.0 Å². The van der Waals surface area contributed by atoms with Crippen molar-refractivity contribution in [3.05, 3.63) is 48.2 Å². The lowest BCUT2D eigenvalue weighted by molar-refractivity contribution is -0.115. The number of fused-ring (bicyclic) bond motifs is 1. The molecule has 4 atom stereocenters. The third kappa shape index (κ3) is 3.85. The van der Waals surface area contributed by atoms with E-state index >= 15 is 0 Å². The van der Waals surface area contributed by atoms with Gasteiger partial charge in [0.25, 0.3) is 5.91 Å². The van der Waals surface area contributed by atoms with Gasteiger partial charge in [0, 0.05) is 12.1 Å². The Kier molecular flexibility index (Phi) is 5.52. The molecule has 8 heteroatoms. The van der Waals surface area contributed by atoms with Gasteiger partial charge >= 0.3 is 6.03 Å². The minimum absolute atomic E-state index is 0.295. The molecule has 3 rings (SSSR count). The number of carbonyl (C=O) groups is 2. The average molecular weight is 359 g/mol. The van der Waals surface area contributed by atoms with Gasteiger partial charge in [0.2, 0.25) is 0 Å². The first-order valence-corrected chi connectivity index (χ1v) is 8.38. The van der Waals surface area contributed by atoms with Crippen LogP contribution in [0.2, 0.25) is 0 Å². The number of hydrogen-bond acceptors (Lipinski definition) is 6. The van der Waals surface area contributed by atoms with Crippen molar-refractivity contribution in [3.63, 3.8) is 0 Å². The summed E-state index contributed by atoms with van der Waals surface area (Å²) in [6, 6.07) is 8.55. The fourth-order valence-electron chi connectivity index (χ4n) is 3.33. The fourth-order valence-corrected chi connectivity index (χ4v) is 3.33. The van der Waals surface area contributed by atoms with Gasteiger partial charge in [0.1, 0.15) is 0 Å². The zero-order valence-electron chi connectivity index (χ0n) is 14.3. The number of amides is 3. The summed E-state index contributed by atoms with van der Waals surface area (Å²) in [5.41, 5.74) is 1.56. The van der Waals surface area contributed by atoms with Crippen LogP contribution in [0, 0.1) is 5.92 Å². The fraction of sp³-hybridized carbons (Fsp3) is 0.389. The smallest absolute Gasteiger partial charge is 0.321 e. The minimum atomic E-state index is -0.655. The maximum absolute atomic E-state index is 12.1. The van der Waals surface area contributed by atoms with Gasteiger partial charge in [-0.05, 0) is 18.4 Å². The van der Waals surface area contributed by atoms with Crippen molar-refractivity contribution in [3.8, 4) is 0 Å². The van der Waals surface area contributed by atoms with Crippen molar-refractivity contribution in [2.45, 2.75) is 31.1 Å². The molecule has 138 valence electrons. The molecule has 1 fully saturated rings. The van der Waals surface area contributed by atoms with Crippen LogP contribution in [0.15, 0.2) is 47.8 Å². The summed E-state index contributed by atoms with van der Waals surface area (Å²) in [7, 11) is 1.40. The third-order valence-corrected chi connectivity index (χ3v) is 4.51. The minimum Gasteiger partial charge on any atom is -0.504 e. The molecule has 1 aromatic carbocycles. The topological polar surface area (TPSA) is 109 Å². The number of oxime groups is 1. The number of ether oxygens (including phenoxy) is 1. The molecule has 0 unspecified atom stereocenters. The molecule has 2 aliphatic rings. The van der Waals surface area contributed by atoms with Crippen LogP contribution in [-0.2, 0) is 14.4 Å². The van der Waals surface area contributed by atoms with Crippen LogP contribution in [-0.4, -0.2) is 48.1 Å². The first kappa shape index (κ1) is 17.9. The van der Waals surface area contributed by atoms with Crippen LogP contribution < -0.4 is 10.6 Å². The highest BCUT2D eigenvalue weighted by molar-refractivity contribution is 6.04. The quantitative estimate of drug-likeness (QED) is 0.547. The highest BCUT2D eigenvalue weighted by Crippen LogP contribution is 2.35. The molecular formula is C18H21N3O5. The lowest BCUT2D eigenvalue weighted by Gasteiger charge is -2.35. The number of nitrogens with zero attached hydrogens (tertiary/aromatic N) is 1. The summed E-state index contributed by atoms with van der Waals surface area (Å²) < 4.78 is 4.64. The molecule has 0 aromatic heterocycles. The second-order valence-corrected chi connectivity index (χ2v) is 6.19. The van der Waals surface area contributed by atoms with E-state index < -0.39 is 24.1 Å². The number of methoxy groups -OCH3 is 1. The van der Waals surface area contributed by atoms with Crippen LogP contribution >= 0.6 is 0 Å². The molecule has 3 N–H and O–H groups in total. The standard InChI is InChI=1S/C18H21N3O5/c1-25-10-9-14(23)20-18(24)19-12-7-8-13(22)17-15(12)16(21-26-17)11-5-3-2-4-6-11/h2-6,9-10,12-13,15,17,22H,7-8H2,1H3,(H2,19,20,23,24)/b10-9-/t12-,13+,15-,17-/m0/s1. The predicted molar refractivity (Wildman–Crippen MR) is 93.2 cm³/mol. The number of nitrogens with one attached hydrogen (secondary N) is 2. The molecule has 1 aliphatic carbocycles. The summed E-state index contributed by atoms with van der Waals surface area (Å²) in [5.74, 6) is -0.882. The SMILES string of the molecule is CO/C=C\C(=O)NC(=O)N[C@H]1CC[C@@H](O)[C@@H]2ON=C(c3ccccc3)[C@@H]21. The Labute approximate surface area is 150 Å². The van der Waals surface area contributed by atoms with Crippen LogP contribution in [0.25, 0.3) is 0 Å². The van der Waals surface area contributed by atoms with Gasteiger partial charge in [-0.2, -0.15) is 0 Å². The molecule has 3 amide bonds. The van der Waals surface area contributed by atoms with Gasteiger partial charge in [-0.15, -0.1) is 0 Å². The number of hydrogen-bond donors (Lipinski definition) is 3. The Bertz CT molecular complexity index is 719. The van der Waals surface area contributed by atoms with E-state index in [1.54, 1.807) is 0 Å². The van der Waals surface area contributed by atoms with Crippen molar-refractivity contribution in [1.82, 2.24) is 10.6 Å². The third-order valence-electron chi connectivity index (χ3n) is 4.51. The molecule has 0 radical (unpaired) electrons. The molecule has 8 nitrogen and oxygen atoms in total. The molecule has 0 bridgehead atoms. The van der Waals surface area contributed by atoms with Gasteiger partial charge in [0.05, 0.1) is 31.1 Å². The first-order chi connectivity index (χ1) is 12.6. The number of benzene rings is 1. The second-order valence-electron chi connectivity index (χ2n) is 6.19. The lowest BCUT2D eigenvalue weighted by Crippen LogP contribution is -2.55. The maximum Gasteiger partial charge on any atom is 0.321 e. The number of imide groups is 1. The highest BCUT2D eigenvalue weighted by atomic mass is 16.7. The molecule has 26 heavy (non-hydrogen) atoms. The number of urea groups is 1.